The minimum Gasteiger partial charge on any atom is -0.454 e. The maximum absolute atomic E-state index is 12.6. The van der Waals surface area contributed by atoms with Gasteiger partial charge in [-0.3, -0.25) is 4.79 Å². The summed E-state index contributed by atoms with van der Waals surface area (Å²) in [6, 6.07) is 12.6. The van der Waals surface area contributed by atoms with E-state index in [1.54, 1.807) is 30.5 Å². The lowest BCUT2D eigenvalue weighted by Crippen LogP contribution is -2.16. The number of ketones is 1. The van der Waals surface area contributed by atoms with E-state index in [9.17, 15) is 9.59 Å². The molecule has 28 heavy (non-hydrogen) atoms. The second kappa shape index (κ2) is 7.43. The number of nitrogens with zero attached hydrogens (tertiary/aromatic N) is 4. The normalized spacial score (nSPS) is 10.9. The molecule has 0 radical (unpaired) electrons. The number of aromatic nitrogens is 5. The van der Waals surface area contributed by atoms with E-state index in [1.807, 2.05) is 18.2 Å². The first-order valence-corrected chi connectivity index (χ1v) is 8.80. The molecular weight excluding hydrogens is 358 g/mol. The van der Waals surface area contributed by atoms with Crippen molar-refractivity contribution >= 4 is 22.7 Å². The Bertz CT molecular complexity index is 1150. The number of H-pyrrole nitrogens is 1. The van der Waals surface area contributed by atoms with Crippen LogP contribution in [0, 0.1) is 0 Å². The number of carbonyl (C=O) groups excluding carboxylic acids is 2. The molecule has 0 unspecified atom stereocenters. The van der Waals surface area contributed by atoms with Gasteiger partial charge in [0.25, 0.3) is 0 Å². The van der Waals surface area contributed by atoms with Crippen molar-refractivity contribution in [2.45, 2.75) is 13.3 Å². The molecule has 0 amide bonds. The average Bonchev–Trinajstić information content (AvgIpc) is 3.41. The second-order valence-corrected chi connectivity index (χ2v) is 6.17. The number of carbonyl (C=O) groups is 2. The van der Waals surface area contributed by atoms with Crippen LogP contribution in [-0.2, 0) is 11.2 Å². The van der Waals surface area contributed by atoms with Gasteiger partial charge in [-0.15, -0.1) is 5.10 Å². The van der Waals surface area contributed by atoms with Crippen LogP contribution in [0.5, 0.6) is 0 Å². The SMILES string of the molecule is CCc1cccc2c(C(=O)COC(=O)c3ccccc3-n3cnnn3)c[nH]c12. The molecule has 2 heterocycles. The molecule has 0 bridgehead atoms. The third-order valence-corrected chi connectivity index (χ3v) is 4.54. The van der Waals surface area contributed by atoms with Gasteiger partial charge in [-0.2, -0.15) is 4.68 Å². The number of nitrogens with one attached hydrogen (secondary N) is 1. The van der Waals surface area contributed by atoms with Crippen molar-refractivity contribution in [3.63, 3.8) is 0 Å². The van der Waals surface area contributed by atoms with Gasteiger partial charge in [-0.25, -0.2) is 4.79 Å². The molecule has 0 aliphatic rings. The zero-order valence-corrected chi connectivity index (χ0v) is 15.1. The molecule has 0 aliphatic heterocycles. The lowest BCUT2D eigenvalue weighted by Gasteiger charge is -2.08. The molecule has 0 fully saturated rings. The Morgan fingerprint density at radius 1 is 1.11 bits per heavy atom. The monoisotopic (exact) mass is 375 g/mol. The van der Waals surface area contributed by atoms with E-state index in [1.165, 1.54) is 11.0 Å². The zero-order chi connectivity index (χ0) is 19.5. The van der Waals surface area contributed by atoms with Crippen molar-refractivity contribution in [1.29, 1.82) is 0 Å². The molecule has 4 aromatic rings. The fourth-order valence-corrected chi connectivity index (χ4v) is 3.15. The molecule has 2 aromatic carbocycles. The minimum atomic E-state index is -0.617. The fraction of sp³-hybridized carbons (Fsp3) is 0.150. The van der Waals surface area contributed by atoms with Gasteiger partial charge in [0.2, 0.25) is 5.78 Å². The van der Waals surface area contributed by atoms with E-state index >= 15 is 0 Å². The quantitative estimate of drug-likeness (QED) is 0.411. The predicted molar refractivity (Wildman–Crippen MR) is 101 cm³/mol. The standard InChI is InChI=1S/C20H17N5O3/c1-2-13-6-5-8-14-16(10-21-19(13)14)18(26)11-28-20(27)15-7-3-4-9-17(15)25-12-22-23-24-25/h3-10,12,21H,2,11H2,1H3. The number of hydrogen-bond acceptors (Lipinski definition) is 6. The number of para-hydroxylation sites is 2. The van der Waals surface area contributed by atoms with Crippen LogP contribution in [0.1, 0.15) is 33.2 Å². The van der Waals surface area contributed by atoms with E-state index in [0.717, 1.165) is 22.9 Å². The van der Waals surface area contributed by atoms with Gasteiger partial charge in [-0.05, 0) is 34.5 Å². The third-order valence-electron chi connectivity index (χ3n) is 4.54. The highest BCUT2D eigenvalue weighted by molar-refractivity contribution is 6.09. The predicted octanol–water partition coefficient (Wildman–Crippen LogP) is 2.75. The number of ether oxygens (including phenoxy) is 1. The zero-order valence-electron chi connectivity index (χ0n) is 15.1. The van der Waals surface area contributed by atoms with Gasteiger partial charge >= 0.3 is 5.97 Å². The molecule has 2 aromatic heterocycles. The Labute approximate surface area is 160 Å². The largest absolute Gasteiger partial charge is 0.454 e. The highest BCUT2D eigenvalue weighted by Gasteiger charge is 2.18. The Morgan fingerprint density at radius 3 is 2.75 bits per heavy atom. The highest BCUT2D eigenvalue weighted by atomic mass is 16.5. The summed E-state index contributed by atoms with van der Waals surface area (Å²) >= 11 is 0. The summed E-state index contributed by atoms with van der Waals surface area (Å²) in [7, 11) is 0. The van der Waals surface area contributed by atoms with E-state index in [2.05, 4.69) is 27.4 Å². The molecule has 140 valence electrons. The molecule has 0 saturated carbocycles. The molecule has 0 spiro atoms. The summed E-state index contributed by atoms with van der Waals surface area (Å²) in [4.78, 5) is 28.3. The van der Waals surface area contributed by atoms with Crippen LogP contribution in [0.25, 0.3) is 16.6 Å². The summed E-state index contributed by atoms with van der Waals surface area (Å²) in [6.45, 7) is 1.70. The molecule has 0 atom stereocenters. The van der Waals surface area contributed by atoms with Gasteiger partial charge in [0.1, 0.15) is 6.33 Å². The van der Waals surface area contributed by atoms with E-state index in [0.29, 0.717) is 11.3 Å². The lowest BCUT2D eigenvalue weighted by molar-refractivity contribution is 0.0475. The number of rotatable bonds is 6. The molecular formula is C20H17N5O3. The van der Waals surface area contributed by atoms with Crippen LogP contribution in [0.3, 0.4) is 0 Å². The Morgan fingerprint density at radius 2 is 1.96 bits per heavy atom. The first-order chi connectivity index (χ1) is 13.7. The van der Waals surface area contributed by atoms with E-state index in [4.69, 9.17) is 4.74 Å². The van der Waals surface area contributed by atoms with Crippen molar-refractivity contribution in [2.75, 3.05) is 6.61 Å². The maximum atomic E-state index is 12.6. The van der Waals surface area contributed by atoms with Gasteiger partial charge in [0.15, 0.2) is 6.61 Å². The molecule has 8 heteroatoms. The first-order valence-electron chi connectivity index (χ1n) is 8.80. The number of fused-ring (bicyclic) bond motifs is 1. The summed E-state index contributed by atoms with van der Waals surface area (Å²) in [5.41, 5.74) is 3.32. The fourth-order valence-electron chi connectivity index (χ4n) is 3.15. The molecule has 4 rings (SSSR count). The summed E-state index contributed by atoms with van der Waals surface area (Å²) in [6.07, 6.45) is 3.90. The first kappa shape index (κ1) is 17.6. The number of esters is 1. The van der Waals surface area contributed by atoms with Crippen LogP contribution in [-0.4, -0.2) is 43.6 Å². The molecule has 0 aliphatic carbocycles. The number of hydrogen-bond donors (Lipinski definition) is 1. The van der Waals surface area contributed by atoms with Gasteiger partial charge in [-0.1, -0.05) is 37.3 Å². The van der Waals surface area contributed by atoms with Crippen LogP contribution in [0.15, 0.2) is 55.0 Å². The summed E-state index contributed by atoms with van der Waals surface area (Å²) in [5, 5.41) is 11.8. The van der Waals surface area contributed by atoms with Crippen LogP contribution < -0.4 is 0 Å². The van der Waals surface area contributed by atoms with Gasteiger partial charge < -0.3 is 9.72 Å². The number of Topliss-reactive ketones (excluding diaryl/α,β-unsaturated/α-hetero) is 1. The number of benzene rings is 2. The van der Waals surface area contributed by atoms with Gasteiger partial charge in [0, 0.05) is 22.7 Å². The van der Waals surface area contributed by atoms with E-state index < -0.39 is 5.97 Å². The maximum Gasteiger partial charge on any atom is 0.340 e. The Balaban J connectivity index is 1.53. The van der Waals surface area contributed by atoms with E-state index in [-0.39, 0.29) is 18.0 Å². The van der Waals surface area contributed by atoms with Crippen LogP contribution >= 0.6 is 0 Å². The number of aromatic amines is 1. The summed E-state index contributed by atoms with van der Waals surface area (Å²) in [5.74, 6) is -0.888. The summed E-state index contributed by atoms with van der Waals surface area (Å²) < 4.78 is 6.64. The minimum absolute atomic E-state index is 0.271. The third kappa shape index (κ3) is 3.16. The van der Waals surface area contributed by atoms with Crippen LogP contribution in [0.4, 0.5) is 0 Å². The number of tetrazole rings is 1. The van der Waals surface area contributed by atoms with Gasteiger partial charge in [0.05, 0.1) is 11.3 Å². The second-order valence-electron chi connectivity index (χ2n) is 6.17. The average molecular weight is 375 g/mol. The molecule has 1 N–H and O–H groups in total. The van der Waals surface area contributed by atoms with Crippen molar-refractivity contribution < 1.29 is 14.3 Å². The van der Waals surface area contributed by atoms with Crippen molar-refractivity contribution in [3.05, 3.63) is 71.7 Å². The smallest absolute Gasteiger partial charge is 0.340 e. The Kier molecular flexibility index (Phi) is 4.67. The highest BCUT2D eigenvalue weighted by Crippen LogP contribution is 2.23. The molecule has 0 saturated heterocycles. The van der Waals surface area contributed by atoms with Crippen molar-refractivity contribution in [1.82, 2.24) is 25.2 Å². The Hall–Kier alpha value is -3.81. The number of aryl methyl sites for hydroxylation is 1. The topological polar surface area (TPSA) is 103 Å². The van der Waals surface area contributed by atoms with Crippen molar-refractivity contribution in [2.24, 2.45) is 0 Å². The lowest BCUT2D eigenvalue weighted by atomic mass is 10.1. The molecule has 8 nitrogen and oxygen atoms in total. The van der Waals surface area contributed by atoms with Crippen LogP contribution in [0.2, 0.25) is 0 Å². The van der Waals surface area contributed by atoms with Crippen molar-refractivity contribution in [3.8, 4) is 5.69 Å².